The molecule has 0 fully saturated rings. The maximum atomic E-state index is 10.9. The zero-order valence-corrected chi connectivity index (χ0v) is 9.46. The molecule has 19 heavy (non-hydrogen) atoms. The summed E-state index contributed by atoms with van der Waals surface area (Å²) in [6, 6.07) is 4.67. The highest BCUT2D eigenvalue weighted by molar-refractivity contribution is 5.82. The van der Waals surface area contributed by atoms with Gasteiger partial charge in [0.1, 0.15) is 5.65 Å². The van der Waals surface area contributed by atoms with Crippen LogP contribution in [0.2, 0.25) is 0 Å². The van der Waals surface area contributed by atoms with Crippen LogP contribution in [0, 0.1) is 10.1 Å². The number of rotatable bonds is 1. The lowest BCUT2D eigenvalue weighted by Crippen LogP contribution is -2.28. The fourth-order valence-electron chi connectivity index (χ4n) is 2.16. The van der Waals surface area contributed by atoms with Gasteiger partial charge in [0.15, 0.2) is 5.65 Å². The Morgan fingerprint density at radius 1 is 1.32 bits per heavy atom. The first-order chi connectivity index (χ1) is 9.24. The number of aromatic nitrogens is 5. The summed E-state index contributed by atoms with van der Waals surface area (Å²) in [5, 5.41) is 16.0. The van der Waals surface area contributed by atoms with Crippen LogP contribution in [0.25, 0.3) is 22.2 Å². The van der Waals surface area contributed by atoms with Gasteiger partial charge in [-0.15, -0.1) is 5.10 Å². The molecule has 0 aliphatic rings. The van der Waals surface area contributed by atoms with E-state index in [0.29, 0.717) is 16.8 Å². The monoisotopic (exact) mass is 254 g/mol. The number of nitro groups is 1. The predicted octanol–water partition coefficient (Wildman–Crippen LogP) is 0.487. The highest BCUT2D eigenvalue weighted by atomic mass is 16.6. The van der Waals surface area contributed by atoms with Crippen molar-refractivity contribution in [1.29, 1.82) is 0 Å². The fourth-order valence-corrected chi connectivity index (χ4v) is 2.16. The summed E-state index contributed by atoms with van der Waals surface area (Å²) in [5.74, 6) is 0. The van der Waals surface area contributed by atoms with Crippen molar-refractivity contribution in [2.75, 3.05) is 0 Å². The summed E-state index contributed by atoms with van der Waals surface area (Å²) in [5.41, 5.74) is 1.78. The number of nitrogens with zero attached hydrogens (tertiary/aromatic N) is 6. The van der Waals surface area contributed by atoms with E-state index in [9.17, 15) is 10.1 Å². The van der Waals surface area contributed by atoms with E-state index in [0.717, 1.165) is 5.39 Å². The van der Waals surface area contributed by atoms with Gasteiger partial charge >= 0.3 is 0 Å². The van der Waals surface area contributed by atoms with Gasteiger partial charge in [-0.1, -0.05) is 4.63 Å². The minimum absolute atomic E-state index is 0.0336. The minimum atomic E-state index is -0.423. The highest BCUT2D eigenvalue weighted by Crippen LogP contribution is 2.20. The smallest absolute Gasteiger partial charge is 0.270 e. The van der Waals surface area contributed by atoms with E-state index >= 15 is 0 Å². The molecule has 0 saturated carbocycles. The van der Waals surface area contributed by atoms with Crippen LogP contribution in [-0.2, 0) is 0 Å². The van der Waals surface area contributed by atoms with E-state index in [1.807, 2.05) is 0 Å². The van der Waals surface area contributed by atoms with Crippen molar-refractivity contribution in [3.63, 3.8) is 0 Å². The summed E-state index contributed by atoms with van der Waals surface area (Å²) in [4.78, 5) is 18.7. The minimum Gasteiger partial charge on any atom is -0.361 e. The average Bonchev–Trinajstić information content (AvgIpc) is 2.92. The molecule has 0 amide bonds. The zero-order valence-electron chi connectivity index (χ0n) is 9.46. The van der Waals surface area contributed by atoms with Crippen molar-refractivity contribution in [2.45, 2.75) is 0 Å². The summed E-state index contributed by atoms with van der Waals surface area (Å²) in [7, 11) is 0. The maximum absolute atomic E-state index is 10.9. The van der Waals surface area contributed by atoms with Crippen molar-refractivity contribution in [3.8, 4) is 0 Å². The Bertz CT molecular complexity index is 954. The van der Waals surface area contributed by atoms with Crippen LogP contribution in [0.3, 0.4) is 0 Å². The van der Waals surface area contributed by atoms with Crippen molar-refractivity contribution < 1.29 is 9.55 Å². The molecule has 8 nitrogen and oxygen atoms in total. The molecule has 3 heterocycles. The van der Waals surface area contributed by atoms with Crippen molar-refractivity contribution in [2.24, 2.45) is 0 Å². The summed E-state index contributed by atoms with van der Waals surface area (Å²) in [6.07, 6.45) is 4.90. The molecule has 92 valence electrons. The van der Waals surface area contributed by atoms with E-state index in [1.54, 1.807) is 33.8 Å². The van der Waals surface area contributed by atoms with Crippen LogP contribution in [0.15, 0.2) is 36.8 Å². The topological polar surface area (TPSA) is 91.5 Å². The Hall–Kier alpha value is -3.03. The second kappa shape index (κ2) is 3.25. The lowest BCUT2D eigenvalue weighted by atomic mass is 10.2. The van der Waals surface area contributed by atoms with E-state index in [-0.39, 0.29) is 5.69 Å². The number of fused-ring (bicyclic) bond motifs is 5. The number of benzene rings is 1. The molecule has 0 bridgehead atoms. The van der Waals surface area contributed by atoms with Gasteiger partial charge in [0.25, 0.3) is 5.69 Å². The van der Waals surface area contributed by atoms with E-state index < -0.39 is 4.92 Å². The molecule has 0 aliphatic heterocycles. The molecule has 0 saturated heterocycles. The predicted molar refractivity (Wildman–Crippen MR) is 63.6 cm³/mol. The molecular formula is C11H6N6O2. The second-order valence-corrected chi connectivity index (χ2v) is 4.07. The Balaban J connectivity index is 2.22. The molecule has 4 rings (SSSR count). The zero-order chi connectivity index (χ0) is 13.0. The Morgan fingerprint density at radius 3 is 3.00 bits per heavy atom. The van der Waals surface area contributed by atoms with Crippen molar-refractivity contribution in [3.05, 3.63) is 46.9 Å². The van der Waals surface area contributed by atoms with Gasteiger partial charge in [-0.3, -0.25) is 10.1 Å². The maximum Gasteiger partial charge on any atom is 0.270 e. The summed E-state index contributed by atoms with van der Waals surface area (Å²) < 4.78 is 3.28. The standard InChI is InChI=1S/C11H6N6O2/c18-17(19)8-2-1-7-6-15-14-10-11(13-4-3-12-10)16(15)9(7)5-8/h1-6H. The quantitative estimate of drug-likeness (QED) is 0.280. The van der Waals surface area contributed by atoms with Crippen LogP contribution in [0.5, 0.6) is 0 Å². The molecule has 0 spiro atoms. The van der Waals surface area contributed by atoms with E-state index in [1.165, 1.54) is 12.1 Å². The largest absolute Gasteiger partial charge is 0.361 e. The molecule has 0 aliphatic carbocycles. The van der Waals surface area contributed by atoms with Gasteiger partial charge in [-0.2, -0.15) is 4.52 Å². The van der Waals surface area contributed by atoms with Gasteiger partial charge in [-0.05, 0) is 12.3 Å². The first kappa shape index (κ1) is 9.95. The lowest BCUT2D eigenvalue weighted by Gasteiger charge is -1.94. The summed E-state index contributed by atoms with van der Waals surface area (Å²) >= 11 is 0. The molecule has 0 N–H and O–H groups in total. The summed E-state index contributed by atoms with van der Waals surface area (Å²) in [6.45, 7) is 0. The van der Waals surface area contributed by atoms with Gasteiger partial charge in [0, 0.05) is 18.3 Å². The Labute approximate surface area is 105 Å². The first-order valence-electron chi connectivity index (χ1n) is 5.49. The number of non-ortho nitro benzene ring substituents is 1. The van der Waals surface area contributed by atoms with Crippen LogP contribution in [-0.4, -0.2) is 19.4 Å². The molecule has 0 unspecified atom stereocenters. The SMILES string of the molecule is O=[N+]([O-])c1ccc2c[n+]3[n-]c4nccnc4n3c2c1. The number of hydrogen-bond acceptors (Lipinski definition) is 4. The van der Waals surface area contributed by atoms with Crippen molar-refractivity contribution >= 4 is 27.9 Å². The normalized spacial score (nSPS) is 11.6. The van der Waals surface area contributed by atoms with Crippen LogP contribution < -0.4 is 9.73 Å². The Kier molecular flexibility index (Phi) is 1.70. The van der Waals surface area contributed by atoms with Gasteiger partial charge in [-0.25, -0.2) is 4.98 Å². The third kappa shape index (κ3) is 1.25. The fraction of sp³-hybridized carbons (Fsp3) is 0. The molecule has 1 aromatic carbocycles. The molecule has 4 aromatic rings. The van der Waals surface area contributed by atoms with Crippen LogP contribution in [0.4, 0.5) is 5.69 Å². The molecule has 8 heteroatoms. The van der Waals surface area contributed by atoms with E-state index in [4.69, 9.17) is 0 Å². The van der Waals surface area contributed by atoms with Gasteiger partial charge in [0.2, 0.25) is 6.20 Å². The third-order valence-corrected chi connectivity index (χ3v) is 2.97. The Morgan fingerprint density at radius 2 is 2.16 bits per heavy atom. The lowest BCUT2D eigenvalue weighted by molar-refractivity contribution is -0.671. The number of nitro benzene ring substituents is 1. The first-order valence-corrected chi connectivity index (χ1v) is 5.49. The van der Waals surface area contributed by atoms with Gasteiger partial charge < -0.3 is 4.98 Å². The van der Waals surface area contributed by atoms with Crippen LogP contribution >= 0.6 is 0 Å². The van der Waals surface area contributed by atoms with Gasteiger partial charge in [0.05, 0.1) is 15.8 Å². The average molecular weight is 254 g/mol. The van der Waals surface area contributed by atoms with Crippen molar-refractivity contribution in [1.82, 2.24) is 19.6 Å². The van der Waals surface area contributed by atoms with E-state index in [2.05, 4.69) is 15.1 Å². The molecule has 3 aromatic heterocycles. The van der Waals surface area contributed by atoms with Crippen LogP contribution in [0.1, 0.15) is 0 Å². The molecule has 0 radical (unpaired) electrons. The molecule has 0 atom stereocenters. The number of hydrogen-bond donors (Lipinski definition) is 0. The third-order valence-electron chi connectivity index (χ3n) is 2.97. The highest BCUT2D eigenvalue weighted by Gasteiger charge is 2.15. The second-order valence-electron chi connectivity index (χ2n) is 4.07. The molecular weight excluding hydrogens is 248 g/mol.